The van der Waals surface area contributed by atoms with Gasteiger partial charge in [0.2, 0.25) is 5.88 Å². The molecule has 0 aliphatic rings. The average Bonchev–Trinajstić information content (AvgIpc) is 2.47. The molecule has 0 amide bonds. The highest BCUT2D eigenvalue weighted by Crippen LogP contribution is 2.21. The van der Waals surface area contributed by atoms with E-state index in [4.69, 9.17) is 15.2 Å². The summed E-state index contributed by atoms with van der Waals surface area (Å²) in [6, 6.07) is 11.7. The predicted octanol–water partition coefficient (Wildman–Crippen LogP) is 3.08. The smallest absolute Gasteiger partial charge is 0.219 e. The summed E-state index contributed by atoms with van der Waals surface area (Å²) in [4.78, 5) is 4.25. The van der Waals surface area contributed by atoms with Crippen molar-refractivity contribution < 1.29 is 9.47 Å². The van der Waals surface area contributed by atoms with Crippen LogP contribution in [0.2, 0.25) is 0 Å². The van der Waals surface area contributed by atoms with Crippen LogP contribution in [0.4, 0.5) is 0 Å². The molecule has 106 valence electrons. The Hall–Kier alpha value is -1.91. The molecule has 1 unspecified atom stereocenters. The zero-order chi connectivity index (χ0) is 14.4. The molecule has 1 heterocycles. The van der Waals surface area contributed by atoms with Crippen LogP contribution in [-0.2, 0) is 11.2 Å². The van der Waals surface area contributed by atoms with E-state index in [2.05, 4.69) is 4.98 Å². The fourth-order valence-corrected chi connectivity index (χ4v) is 1.79. The molecule has 4 nitrogen and oxygen atoms in total. The molecule has 2 N–H and O–H groups in total. The van der Waals surface area contributed by atoms with Gasteiger partial charge in [-0.1, -0.05) is 18.2 Å². The van der Waals surface area contributed by atoms with E-state index >= 15 is 0 Å². The second kappa shape index (κ2) is 7.03. The summed E-state index contributed by atoms with van der Waals surface area (Å²) in [5.74, 6) is 1.34. The lowest BCUT2D eigenvalue weighted by Gasteiger charge is -2.08. The molecule has 0 radical (unpaired) electrons. The number of nitrogens with two attached hydrogens (primary N) is 1. The lowest BCUT2D eigenvalue weighted by Crippen LogP contribution is -2.05. The van der Waals surface area contributed by atoms with Gasteiger partial charge >= 0.3 is 0 Å². The van der Waals surface area contributed by atoms with Gasteiger partial charge in [-0.15, -0.1) is 0 Å². The first-order valence-corrected chi connectivity index (χ1v) is 6.66. The maximum Gasteiger partial charge on any atom is 0.219 e. The van der Waals surface area contributed by atoms with Gasteiger partial charge < -0.3 is 15.2 Å². The Labute approximate surface area is 119 Å². The Morgan fingerprint density at radius 1 is 1.15 bits per heavy atom. The minimum absolute atomic E-state index is 0.0170. The quantitative estimate of drug-likeness (QED) is 0.878. The highest BCUT2D eigenvalue weighted by atomic mass is 16.5. The summed E-state index contributed by atoms with van der Waals surface area (Å²) in [5, 5.41) is 0. The van der Waals surface area contributed by atoms with Crippen LogP contribution in [0.1, 0.15) is 24.1 Å². The van der Waals surface area contributed by atoms with Crippen LogP contribution in [0.15, 0.2) is 42.6 Å². The van der Waals surface area contributed by atoms with Gasteiger partial charge in [0.15, 0.2) is 0 Å². The normalized spacial score (nSPS) is 12.2. The molecule has 4 heteroatoms. The molecule has 0 saturated carbocycles. The molecular weight excluding hydrogens is 252 g/mol. The van der Waals surface area contributed by atoms with Crippen LogP contribution in [0.5, 0.6) is 11.6 Å². The molecule has 1 aromatic heterocycles. The van der Waals surface area contributed by atoms with Gasteiger partial charge in [0, 0.05) is 25.4 Å². The lowest BCUT2D eigenvalue weighted by atomic mass is 10.1. The van der Waals surface area contributed by atoms with Crippen LogP contribution in [0.3, 0.4) is 0 Å². The fourth-order valence-electron chi connectivity index (χ4n) is 1.79. The second-order valence-corrected chi connectivity index (χ2v) is 4.71. The molecule has 0 fully saturated rings. The highest BCUT2D eigenvalue weighted by Gasteiger charge is 2.02. The van der Waals surface area contributed by atoms with Gasteiger partial charge in [0.05, 0.1) is 6.61 Å². The molecule has 2 aromatic rings. The van der Waals surface area contributed by atoms with E-state index in [1.807, 2.05) is 43.3 Å². The summed E-state index contributed by atoms with van der Waals surface area (Å²) in [6.45, 7) is 2.65. The zero-order valence-electron chi connectivity index (χ0n) is 11.9. The number of benzene rings is 1. The van der Waals surface area contributed by atoms with Gasteiger partial charge in [0.25, 0.3) is 0 Å². The Bertz CT molecular complexity index is 521. The molecule has 2 rings (SSSR count). The number of aromatic nitrogens is 1. The first-order valence-electron chi connectivity index (χ1n) is 6.66. The Morgan fingerprint density at radius 2 is 1.90 bits per heavy atom. The minimum atomic E-state index is -0.0170. The van der Waals surface area contributed by atoms with E-state index in [1.165, 1.54) is 5.56 Å². The van der Waals surface area contributed by atoms with Crippen molar-refractivity contribution in [1.82, 2.24) is 4.98 Å². The largest absolute Gasteiger partial charge is 0.439 e. The van der Waals surface area contributed by atoms with Crippen molar-refractivity contribution in [2.24, 2.45) is 5.73 Å². The summed E-state index contributed by atoms with van der Waals surface area (Å²) >= 11 is 0. The van der Waals surface area contributed by atoms with Crippen molar-refractivity contribution >= 4 is 0 Å². The van der Waals surface area contributed by atoms with Gasteiger partial charge in [-0.3, -0.25) is 0 Å². The monoisotopic (exact) mass is 272 g/mol. The molecule has 0 bridgehead atoms. The average molecular weight is 272 g/mol. The molecule has 0 aliphatic carbocycles. The molecule has 1 aromatic carbocycles. The van der Waals surface area contributed by atoms with Crippen molar-refractivity contribution in [2.75, 3.05) is 13.7 Å². The first-order chi connectivity index (χ1) is 9.69. The lowest BCUT2D eigenvalue weighted by molar-refractivity contribution is 0.202. The maximum absolute atomic E-state index is 5.78. The minimum Gasteiger partial charge on any atom is -0.439 e. The number of rotatable bonds is 6. The number of nitrogens with zero attached hydrogens (tertiary/aromatic N) is 1. The van der Waals surface area contributed by atoms with Gasteiger partial charge in [-0.2, -0.15) is 0 Å². The van der Waals surface area contributed by atoms with Crippen molar-refractivity contribution in [3.05, 3.63) is 53.7 Å². The molecule has 20 heavy (non-hydrogen) atoms. The first kappa shape index (κ1) is 14.5. The molecular formula is C16H20N2O2. The van der Waals surface area contributed by atoms with Crippen LogP contribution >= 0.6 is 0 Å². The van der Waals surface area contributed by atoms with E-state index in [0.29, 0.717) is 5.88 Å². The summed E-state index contributed by atoms with van der Waals surface area (Å²) < 4.78 is 10.7. The summed E-state index contributed by atoms with van der Waals surface area (Å²) in [7, 11) is 1.70. The Kier molecular flexibility index (Phi) is 5.09. The third-order valence-electron chi connectivity index (χ3n) is 3.03. The summed E-state index contributed by atoms with van der Waals surface area (Å²) in [5.41, 5.74) is 8.00. The van der Waals surface area contributed by atoms with Crippen molar-refractivity contribution in [3.63, 3.8) is 0 Å². The van der Waals surface area contributed by atoms with Gasteiger partial charge in [-0.05, 0) is 36.6 Å². The van der Waals surface area contributed by atoms with E-state index in [-0.39, 0.29) is 6.04 Å². The molecule has 0 spiro atoms. The van der Waals surface area contributed by atoms with E-state index in [9.17, 15) is 0 Å². The highest BCUT2D eigenvalue weighted by molar-refractivity contribution is 5.31. The van der Waals surface area contributed by atoms with Gasteiger partial charge in [0.1, 0.15) is 5.75 Å². The summed E-state index contributed by atoms with van der Waals surface area (Å²) in [6.07, 6.45) is 2.64. The van der Waals surface area contributed by atoms with Gasteiger partial charge in [-0.25, -0.2) is 4.98 Å². The topological polar surface area (TPSA) is 57.4 Å². The van der Waals surface area contributed by atoms with E-state index in [1.54, 1.807) is 13.3 Å². The van der Waals surface area contributed by atoms with Crippen molar-refractivity contribution in [1.29, 1.82) is 0 Å². The third kappa shape index (κ3) is 4.05. The molecule has 1 atom stereocenters. The standard InChI is InChI=1S/C16H20N2O2/c1-12(17)14-5-8-16(18-11-14)20-15-6-3-13(4-7-15)9-10-19-2/h3-8,11-12H,9-10,17H2,1-2H3. The Balaban J connectivity index is 1.98. The predicted molar refractivity (Wildman–Crippen MR) is 78.9 cm³/mol. The second-order valence-electron chi connectivity index (χ2n) is 4.71. The number of methoxy groups -OCH3 is 1. The Morgan fingerprint density at radius 3 is 2.45 bits per heavy atom. The van der Waals surface area contributed by atoms with Crippen LogP contribution in [0, 0.1) is 0 Å². The number of hydrogen-bond acceptors (Lipinski definition) is 4. The molecule has 0 saturated heterocycles. The fraction of sp³-hybridized carbons (Fsp3) is 0.312. The number of hydrogen-bond donors (Lipinski definition) is 1. The number of pyridine rings is 1. The van der Waals surface area contributed by atoms with Crippen molar-refractivity contribution in [2.45, 2.75) is 19.4 Å². The van der Waals surface area contributed by atoms with Crippen LogP contribution in [0.25, 0.3) is 0 Å². The van der Waals surface area contributed by atoms with Crippen molar-refractivity contribution in [3.8, 4) is 11.6 Å². The van der Waals surface area contributed by atoms with Crippen LogP contribution in [-0.4, -0.2) is 18.7 Å². The van der Waals surface area contributed by atoms with Crippen LogP contribution < -0.4 is 10.5 Å². The number of ether oxygens (including phenoxy) is 2. The third-order valence-corrected chi connectivity index (χ3v) is 3.03. The zero-order valence-corrected chi connectivity index (χ0v) is 11.9. The maximum atomic E-state index is 5.78. The SMILES string of the molecule is COCCc1ccc(Oc2ccc(C(C)N)cn2)cc1. The van der Waals surface area contributed by atoms with E-state index < -0.39 is 0 Å². The molecule has 0 aliphatic heterocycles. The van der Waals surface area contributed by atoms with E-state index in [0.717, 1.165) is 24.3 Å².